The van der Waals surface area contributed by atoms with Crippen LogP contribution in [0.5, 0.6) is 0 Å². The fraction of sp³-hybridized carbons (Fsp3) is 0.632. The van der Waals surface area contributed by atoms with Gasteiger partial charge < -0.3 is 0 Å². The van der Waals surface area contributed by atoms with Gasteiger partial charge in [-0.2, -0.15) is 0 Å². The minimum absolute atomic E-state index is 0.165. The van der Waals surface area contributed by atoms with Crippen molar-refractivity contribution in [2.24, 2.45) is 11.3 Å². The fourth-order valence-electron chi connectivity index (χ4n) is 3.30. The molecule has 1 aliphatic rings. The van der Waals surface area contributed by atoms with Crippen molar-refractivity contribution in [3.05, 3.63) is 35.4 Å². The number of hydrogen-bond donors (Lipinski definition) is 0. The van der Waals surface area contributed by atoms with Crippen LogP contribution in [0, 0.1) is 11.3 Å². The van der Waals surface area contributed by atoms with Crippen LogP contribution in [0.15, 0.2) is 24.3 Å². The average molecular weight is 272 g/mol. The fourth-order valence-corrected chi connectivity index (χ4v) is 3.30. The molecule has 0 bridgehead atoms. The first-order valence-electron chi connectivity index (χ1n) is 7.93. The van der Waals surface area contributed by atoms with Crippen LogP contribution in [-0.4, -0.2) is 5.78 Å². The number of carbonyl (C=O) groups is 1. The first-order chi connectivity index (χ1) is 9.28. The summed E-state index contributed by atoms with van der Waals surface area (Å²) >= 11 is 0. The van der Waals surface area contributed by atoms with Crippen LogP contribution < -0.4 is 0 Å². The summed E-state index contributed by atoms with van der Waals surface area (Å²) in [7, 11) is 0. The van der Waals surface area contributed by atoms with E-state index in [0.717, 1.165) is 18.4 Å². The van der Waals surface area contributed by atoms with Gasteiger partial charge in [0.1, 0.15) is 0 Å². The normalized spacial score (nSPS) is 21.9. The second kappa shape index (κ2) is 5.35. The molecular weight excluding hydrogens is 244 g/mol. The van der Waals surface area contributed by atoms with Crippen molar-refractivity contribution in [1.82, 2.24) is 0 Å². The highest BCUT2D eigenvalue weighted by atomic mass is 16.1. The molecule has 1 unspecified atom stereocenters. The van der Waals surface area contributed by atoms with Gasteiger partial charge in [0.2, 0.25) is 0 Å². The van der Waals surface area contributed by atoms with E-state index in [9.17, 15) is 4.79 Å². The highest BCUT2D eigenvalue weighted by molar-refractivity contribution is 5.98. The molecular formula is C19H28O. The van der Waals surface area contributed by atoms with E-state index in [1.807, 2.05) is 12.1 Å². The third-order valence-corrected chi connectivity index (χ3v) is 5.41. The molecule has 1 nitrogen and oxygen atoms in total. The van der Waals surface area contributed by atoms with Crippen LogP contribution in [0.1, 0.15) is 76.2 Å². The van der Waals surface area contributed by atoms with E-state index in [4.69, 9.17) is 0 Å². The SMILES string of the molecule is CCC(C)(C)c1ccc(C(=O)C2CCCC2(C)C)cc1. The Hall–Kier alpha value is -1.11. The van der Waals surface area contributed by atoms with Gasteiger partial charge >= 0.3 is 0 Å². The van der Waals surface area contributed by atoms with E-state index in [0.29, 0.717) is 5.78 Å². The maximum atomic E-state index is 12.7. The summed E-state index contributed by atoms with van der Waals surface area (Å²) in [5.41, 5.74) is 2.56. The van der Waals surface area contributed by atoms with Crippen LogP contribution in [0.25, 0.3) is 0 Å². The third-order valence-electron chi connectivity index (χ3n) is 5.41. The van der Waals surface area contributed by atoms with Gasteiger partial charge in [-0.1, -0.05) is 65.3 Å². The maximum Gasteiger partial charge on any atom is 0.166 e. The van der Waals surface area contributed by atoms with E-state index in [2.05, 4.69) is 46.8 Å². The predicted molar refractivity (Wildman–Crippen MR) is 85.2 cm³/mol. The van der Waals surface area contributed by atoms with Crippen LogP contribution in [0.3, 0.4) is 0 Å². The molecule has 0 radical (unpaired) electrons. The van der Waals surface area contributed by atoms with Crippen molar-refractivity contribution in [2.75, 3.05) is 0 Å². The highest BCUT2D eigenvalue weighted by Gasteiger charge is 2.39. The average Bonchev–Trinajstić information content (AvgIpc) is 2.77. The van der Waals surface area contributed by atoms with Crippen molar-refractivity contribution < 1.29 is 4.79 Å². The molecule has 0 heterocycles. The number of rotatable bonds is 4. The quantitative estimate of drug-likeness (QED) is 0.672. The van der Waals surface area contributed by atoms with Crippen molar-refractivity contribution >= 4 is 5.78 Å². The standard InChI is InChI=1S/C19H28O/c1-6-18(2,3)15-11-9-14(10-12-15)17(20)16-8-7-13-19(16,4)5/h9-12,16H,6-8,13H2,1-5H3. The maximum absolute atomic E-state index is 12.7. The molecule has 0 aromatic heterocycles. The minimum Gasteiger partial charge on any atom is -0.294 e. The zero-order valence-electron chi connectivity index (χ0n) is 13.6. The largest absolute Gasteiger partial charge is 0.294 e. The number of Topliss-reactive ketones (excluding diaryl/α,β-unsaturated/α-hetero) is 1. The minimum atomic E-state index is 0.165. The lowest BCUT2D eigenvalue weighted by molar-refractivity contribution is 0.0839. The Labute approximate surface area is 123 Å². The Morgan fingerprint density at radius 1 is 1.25 bits per heavy atom. The topological polar surface area (TPSA) is 17.1 Å². The molecule has 0 spiro atoms. The van der Waals surface area contributed by atoms with Crippen LogP contribution in [0.2, 0.25) is 0 Å². The highest BCUT2D eigenvalue weighted by Crippen LogP contribution is 2.44. The van der Waals surface area contributed by atoms with Gasteiger partial charge in [0, 0.05) is 11.5 Å². The molecule has 1 aromatic carbocycles. The molecule has 1 aromatic rings. The number of ketones is 1. The molecule has 110 valence electrons. The van der Waals surface area contributed by atoms with E-state index in [1.165, 1.54) is 18.4 Å². The summed E-state index contributed by atoms with van der Waals surface area (Å²) in [6.07, 6.45) is 4.51. The van der Waals surface area contributed by atoms with Gasteiger partial charge in [0.25, 0.3) is 0 Å². The first-order valence-corrected chi connectivity index (χ1v) is 7.93. The second-order valence-electron chi connectivity index (χ2n) is 7.61. The van der Waals surface area contributed by atoms with E-state index < -0.39 is 0 Å². The Kier molecular flexibility index (Phi) is 4.09. The molecule has 0 amide bonds. The lowest BCUT2D eigenvalue weighted by Gasteiger charge is -2.26. The summed E-state index contributed by atoms with van der Waals surface area (Å²) in [5, 5.41) is 0. The molecule has 0 saturated heterocycles. The molecule has 0 N–H and O–H groups in total. The Bertz CT molecular complexity index is 479. The summed E-state index contributed by atoms with van der Waals surface area (Å²) in [6.45, 7) is 11.2. The Morgan fingerprint density at radius 3 is 2.30 bits per heavy atom. The Morgan fingerprint density at radius 2 is 1.85 bits per heavy atom. The van der Waals surface area contributed by atoms with Gasteiger partial charge in [0.15, 0.2) is 5.78 Å². The van der Waals surface area contributed by atoms with Crippen molar-refractivity contribution in [1.29, 1.82) is 0 Å². The van der Waals surface area contributed by atoms with Gasteiger partial charge in [-0.3, -0.25) is 4.79 Å². The van der Waals surface area contributed by atoms with Crippen LogP contribution in [-0.2, 0) is 5.41 Å². The third kappa shape index (κ3) is 2.82. The summed E-state index contributed by atoms with van der Waals surface area (Å²) in [4.78, 5) is 12.7. The van der Waals surface area contributed by atoms with Crippen LogP contribution >= 0.6 is 0 Å². The predicted octanol–water partition coefficient (Wildman–Crippen LogP) is 5.38. The van der Waals surface area contributed by atoms with E-state index >= 15 is 0 Å². The van der Waals surface area contributed by atoms with Crippen LogP contribution in [0.4, 0.5) is 0 Å². The molecule has 1 atom stereocenters. The number of carbonyl (C=O) groups excluding carboxylic acids is 1. The van der Waals surface area contributed by atoms with Crippen molar-refractivity contribution in [2.45, 2.75) is 65.7 Å². The number of benzene rings is 1. The summed E-state index contributed by atoms with van der Waals surface area (Å²) in [5.74, 6) is 0.542. The summed E-state index contributed by atoms with van der Waals surface area (Å²) in [6, 6.07) is 8.34. The molecule has 1 fully saturated rings. The lowest BCUT2D eigenvalue weighted by atomic mass is 9.77. The number of hydrogen-bond acceptors (Lipinski definition) is 1. The molecule has 1 saturated carbocycles. The first kappa shape index (κ1) is 15.3. The van der Waals surface area contributed by atoms with E-state index in [-0.39, 0.29) is 16.7 Å². The van der Waals surface area contributed by atoms with Gasteiger partial charge in [-0.15, -0.1) is 0 Å². The van der Waals surface area contributed by atoms with Gasteiger partial charge in [-0.05, 0) is 35.7 Å². The molecule has 1 aliphatic carbocycles. The second-order valence-corrected chi connectivity index (χ2v) is 7.61. The van der Waals surface area contributed by atoms with E-state index in [1.54, 1.807) is 0 Å². The zero-order valence-corrected chi connectivity index (χ0v) is 13.6. The Balaban J connectivity index is 2.20. The molecule has 0 aliphatic heterocycles. The van der Waals surface area contributed by atoms with Crippen molar-refractivity contribution in [3.63, 3.8) is 0 Å². The molecule has 20 heavy (non-hydrogen) atoms. The monoisotopic (exact) mass is 272 g/mol. The van der Waals surface area contributed by atoms with Crippen molar-refractivity contribution in [3.8, 4) is 0 Å². The summed E-state index contributed by atoms with van der Waals surface area (Å²) < 4.78 is 0. The zero-order chi connectivity index (χ0) is 15.0. The lowest BCUT2D eigenvalue weighted by Crippen LogP contribution is -2.26. The van der Waals surface area contributed by atoms with Gasteiger partial charge in [0.05, 0.1) is 0 Å². The smallest absolute Gasteiger partial charge is 0.166 e. The molecule has 2 rings (SSSR count). The van der Waals surface area contributed by atoms with Gasteiger partial charge in [-0.25, -0.2) is 0 Å². The molecule has 1 heteroatoms.